The van der Waals surface area contributed by atoms with Gasteiger partial charge in [0.2, 0.25) is 0 Å². The Morgan fingerprint density at radius 2 is 1.75 bits per heavy atom. The Hall–Kier alpha value is -2.64. The molecule has 40 heavy (non-hydrogen) atoms. The van der Waals surface area contributed by atoms with Gasteiger partial charge >= 0.3 is 6.03 Å². The lowest BCUT2D eigenvalue weighted by molar-refractivity contribution is 0.0901. The molecule has 2 fully saturated rings. The molecule has 7 nitrogen and oxygen atoms in total. The van der Waals surface area contributed by atoms with Crippen LogP contribution in [0.15, 0.2) is 36.4 Å². The Kier molecular flexibility index (Phi) is 11.2. The van der Waals surface area contributed by atoms with Crippen LogP contribution >= 0.6 is 11.6 Å². The molecule has 2 aromatic rings. The number of amides is 3. The Morgan fingerprint density at radius 1 is 1.05 bits per heavy atom. The molecule has 4 rings (SSSR count). The van der Waals surface area contributed by atoms with Crippen LogP contribution in [-0.2, 0) is 6.54 Å². The summed E-state index contributed by atoms with van der Waals surface area (Å²) in [6.07, 6.45) is 9.12. The molecular weight excluding hydrogens is 522 g/mol. The van der Waals surface area contributed by atoms with E-state index >= 15 is 0 Å². The Balaban J connectivity index is 1.27. The van der Waals surface area contributed by atoms with E-state index in [2.05, 4.69) is 44.5 Å². The number of hydrogen-bond acceptors (Lipinski definition) is 4. The fourth-order valence-electron chi connectivity index (χ4n) is 6.30. The van der Waals surface area contributed by atoms with Crippen molar-refractivity contribution in [1.29, 1.82) is 0 Å². The van der Waals surface area contributed by atoms with Gasteiger partial charge in [0, 0.05) is 44.8 Å². The van der Waals surface area contributed by atoms with Gasteiger partial charge in [0.15, 0.2) is 0 Å². The van der Waals surface area contributed by atoms with Gasteiger partial charge in [-0.3, -0.25) is 4.79 Å². The Bertz CT molecular complexity index is 1090. The number of aryl methyl sites for hydroxylation is 2. The van der Waals surface area contributed by atoms with Gasteiger partial charge in [-0.15, -0.1) is 0 Å². The average Bonchev–Trinajstić information content (AvgIpc) is 2.95. The predicted molar refractivity (Wildman–Crippen MR) is 162 cm³/mol. The first-order valence-corrected chi connectivity index (χ1v) is 15.4. The van der Waals surface area contributed by atoms with Gasteiger partial charge in [0.05, 0.1) is 11.3 Å². The third-order valence-electron chi connectivity index (χ3n) is 8.73. The van der Waals surface area contributed by atoms with Crippen LogP contribution in [0.5, 0.6) is 0 Å². The minimum atomic E-state index is -0.0964. The first-order valence-electron chi connectivity index (χ1n) is 15.1. The quantitative estimate of drug-likeness (QED) is 0.339. The van der Waals surface area contributed by atoms with Gasteiger partial charge < -0.3 is 20.4 Å². The van der Waals surface area contributed by atoms with Crippen molar-refractivity contribution in [3.05, 3.63) is 63.9 Å². The molecule has 0 radical (unpaired) electrons. The molecule has 1 unspecified atom stereocenters. The summed E-state index contributed by atoms with van der Waals surface area (Å²) in [5, 5.41) is 6.77. The van der Waals surface area contributed by atoms with E-state index in [0.29, 0.717) is 41.5 Å². The van der Waals surface area contributed by atoms with Crippen LogP contribution in [0.2, 0.25) is 5.15 Å². The zero-order chi connectivity index (χ0) is 28.5. The third-order valence-corrected chi connectivity index (χ3v) is 8.92. The lowest BCUT2D eigenvalue weighted by Crippen LogP contribution is -2.52. The number of urea groups is 1. The summed E-state index contributed by atoms with van der Waals surface area (Å²) in [7, 11) is 0. The van der Waals surface area contributed by atoms with Gasteiger partial charge in [-0.2, -0.15) is 0 Å². The number of likely N-dealkylation sites (tertiary alicyclic amines) is 1. The number of halogens is 1. The first-order chi connectivity index (χ1) is 19.3. The van der Waals surface area contributed by atoms with E-state index < -0.39 is 0 Å². The minimum Gasteiger partial charge on any atom is -0.352 e. The highest BCUT2D eigenvalue weighted by Gasteiger charge is 2.30. The third kappa shape index (κ3) is 8.43. The number of rotatable bonds is 10. The molecule has 0 spiro atoms. The monoisotopic (exact) mass is 567 g/mol. The van der Waals surface area contributed by atoms with Crippen LogP contribution in [-0.4, -0.2) is 65.0 Å². The van der Waals surface area contributed by atoms with Crippen molar-refractivity contribution in [1.82, 2.24) is 25.4 Å². The molecule has 3 amide bonds. The van der Waals surface area contributed by atoms with Gasteiger partial charge in [-0.25, -0.2) is 9.78 Å². The zero-order valence-electron chi connectivity index (χ0n) is 24.4. The number of pyridine rings is 1. The summed E-state index contributed by atoms with van der Waals surface area (Å²) in [4.78, 5) is 35.0. The Morgan fingerprint density at radius 3 is 2.42 bits per heavy atom. The van der Waals surface area contributed by atoms with Crippen molar-refractivity contribution in [2.24, 2.45) is 5.92 Å². The van der Waals surface area contributed by atoms with Gasteiger partial charge in [-0.05, 0) is 76.0 Å². The number of aromatic nitrogens is 1. The van der Waals surface area contributed by atoms with Crippen molar-refractivity contribution >= 4 is 23.5 Å². The van der Waals surface area contributed by atoms with E-state index in [9.17, 15) is 9.59 Å². The summed E-state index contributed by atoms with van der Waals surface area (Å²) < 4.78 is 0. The number of nitrogens with zero attached hydrogens (tertiary/aromatic N) is 3. The lowest BCUT2D eigenvalue weighted by Gasteiger charge is -2.41. The Labute approximate surface area is 245 Å². The highest BCUT2D eigenvalue weighted by Crippen LogP contribution is 2.24. The summed E-state index contributed by atoms with van der Waals surface area (Å²) in [5.74, 6) is 0.518. The second kappa shape index (κ2) is 14.8. The van der Waals surface area contributed by atoms with Crippen molar-refractivity contribution in [3.8, 4) is 0 Å². The van der Waals surface area contributed by atoms with Crippen molar-refractivity contribution in [3.63, 3.8) is 0 Å². The van der Waals surface area contributed by atoms with Crippen LogP contribution in [0.3, 0.4) is 0 Å². The smallest absolute Gasteiger partial charge is 0.317 e. The number of hydrogen-bond donors (Lipinski definition) is 2. The number of carbonyl (C=O) groups is 2. The maximum atomic E-state index is 13.4. The van der Waals surface area contributed by atoms with Gasteiger partial charge in [0.1, 0.15) is 5.15 Å². The molecule has 8 heteroatoms. The largest absolute Gasteiger partial charge is 0.352 e. The van der Waals surface area contributed by atoms with Crippen LogP contribution in [0.4, 0.5) is 4.79 Å². The molecule has 1 atom stereocenters. The SMILES string of the molecule is Cc1cc(Cl)nc(C)c1C(=O)NCCC(C)N1CCC(N(Cc2ccccc2)C(=O)NCC2CCCCC2)CC1. The molecule has 1 saturated carbocycles. The minimum absolute atomic E-state index is 0.0749. The van der Waals surface area contributed by atoms with E-state index in [1.807, 2.05) is 32.0 Å². The molecule has 2 N–H and O–H groups in total. The zero-order valence-corrected chi connectivity index (χ0v) is 25.2. The van der Waals surface area contributed by atoms with Gasteiger partial charge in [0.25, 0.3) is 5.91 Å². The molecule has 218 valence electrons. The van der Waals surface area contributed by atoms with Crippen LogP contribution in [0, 0.1) is 19.8 Å². The molecule has 1 aromatic heterocycles. The van der Waals surface area contributed by atoms with E-state index in [0.717, 1.165) is 44.5 Å². The van der Waals surface area contributed by atoms with E-state index in [1.54, 1.807) is 6.07 Å². The molecule has 1 aromatic carbocycles. The summed E-state index contributed by atoms with van der Waals surface area (Å²) >= 11 is 6.02. The number of nitrogens with one attached hydrogen (secondary N) is 2. The molecule has 1 saturated heterocycles. The topological polar surface area (TPSA) is 77.6 Å². The fraction of sp³-hybridized carbons (Fsp3) is 0.594. The standard InChI is InChI=1S/C32H46ClN5O2/c1-23-20-29(33)36-25(3)30(23)31(39)34-17-14-24(2)37-18-15-28(16-19-37)38(22-27-12-8-5-9-13-27)32(40)35-21-26-10-6-4-7-11-26/h5,8-9,12-13,20,24,26,28H,4,6-7,10-11,14-19,21-22H2,1-3H3,(H,34,39)(H,35,40). The van der Waals surface area contributed by atoms with Crippen molar-refractivity contribution in [2.45, 2.75) is 90.8 Å². The summed E-state index contributed by atoms with van der Waals surface area (Å²) in [6, 6.07) is 12.7. The fourth-order valence-corrected chi connectivity index (χ4v) is 6.59. The molecule has 1 aliphatic carbocycles. The number of piperidine rings is 1. The predicted octanol–water partition coefficient (Wildman–Crippen LogP) is 6.12. The first kappa shape index (κ1) is 30.3. The van der Waals surface area contributed by atoms with Crippen LogP contribution < -0.4 is 10.6 Å². The maximum absolute atomic E-state index is 13.4. The summed E-state index contributed by atoms with van der Waals surface area (Å²) in [5.41, 5.74) is 3.27. The van der Waals surface area contributed by atoms with Crippen LogP contribution in [0.25, 0.3) is 0 Å². The second-order valence-corrected chi connectivity index (χ2v) is 12.1. The lowest BCUT2D eigenvalue weighted by atomic mass is 9.89. The molecule has 1 aliphatic heterocycles. The van der Waals surface area contributed by atoms with Crippen molar-refractivity contribution < 1.29 is 9.59 Å². The van der Waals surface area contributed by atoms with Crippen molar-refractivity contribution in [2.75, 3.05) is 26.2 Å². The summed E-state index contributed by atoms with van der Waals surface area (Å²) in [6.45, 7) is 9.85. The molecular formula is C32H46ClN5O2. The highest BCUT2D eigenvalue weighted by molar-refractivity contribution is 6.29. The highest BCUT2D eigenvalue weighted by atomic mass is 35.5. The molecule has 0 bridgehead atoms. The van der Waals surface area contributed by atoms with E-state index in [4.69, 9.17) is 11.6 Å². The second-order valence-electron chi connectivity index (χ2n) is 11.7. The number of benzene rings is 1. The van der Waals surface area contributed by atoms with E-state index in [-0.39, 0.29) is 18.0 Å². The van der Waals surface area contributed by atoms with Crippen LogP contribution in [0.1, 0.15) is 85.5 Å². The maximum Gasteiger partial charge on any atom is 0.317 e. The van der Waals surface area contributed by atoms with Gasteiger partial charge in [-0.1, -0.05) is 61.2 Å². The average molecular weight is 568 g/mol. The number of carbonyl (C=O) groups excluding carboxylic acids is 2. The van der Waals surface area contributed by atoms with E-state index in [1.165, 1.54) is 37.7 Å². The normalized spacial score (nSPS) is 17.8. The molecule has 2 aliphatic rings. The molecule has 2 heterocycles.